The van der Waals surface area contributed by atoms with Crippen LogP contribution in [0, 0.1) is 0 Å². The lowest BCUT2D eigenvalue weighted by Crippen LogP contribution is -2.18. The zero-order valence-corrected chi connectivity index (χ0v) is 7.34. The van der Waals surface area contributed by atoms with Crippen molar-refractivity contribution in [2.75, 3.05) is 0 Å². The van der Waals surface area contributed by atoms with Gasteiger partial charge in [-0.15, -0.1) is 10.2 Å². The van der Waals surface area contributed by atoms with Crippen LogP contribution in [0.25, 0.3) is 0 Å². The lowest BCUT2D eigenvalue weighted by molar-refractivity contribution is -0.118. The summed E-state index contributed by atoms with van der Waals surface area (Å²) < 4.78 is 1.63. The zero-order valence-electron chi connectivity index (χ0n) is 7.34. The van der Waals surface area contributed by atoms with Gasteiger partial charge in [0.15, 0.2) is 5.82 Å². The van der Waals surface area contributed by atoms with Crippen LogP contribution >= 0.6 is 0 Å². The van der Waals surface area contributed by atoms with Crippen molar-refractivity contribution in [3.8, 4) is 0 Å². The molecule has 1 unspecified atom stereocenters. The van der Waals surface area contributed by atoms with E-state index in [1.54, 1.807) is 4.57 Å². The van der Waals surface area contributed by atoms with Gasteiger partial charge in [-0.2, -0.15) is 0 Å². The van der Waals surface area contributed by atoms with E-state index in [9.17, 15) is 4.79 Å². The summed E-state index contributed by atoms with van der Waals surface area (Å²) in [6, 6.07) is -0.116. The van der Waals surface area contributed by atoms with Crippen LogP contribution < -0.4 is 5.73 Å². The molecule has 0 spiro atoms. The standard InChI is InChI=1S/C7H12N4O2/c1-5(2-6(8)13)11-4-9-10-7(11)3-12/h4-5,12H,2-3H2,1H3,(H2,8,13). The SMILES string of the molecule is CC(CC(N)=O)n1cnnc1CO. The number of aromatic nitrogens is 3. The molecule has 6 nitrogen and oxygen atoms in total. The average molecular weight is 184 g/mol. The summed E-state index contributed by atoms with van der Waals surface area (Å²) in [5.74, 6) is 0.0545. The van der Waals surface area contributed by atoms with Crippen LogP contribution in [0.15, 0.2) is 6.33 Å². The first-order chi connectivity index (χ1) is 6.15. The molecule has 72 valence electrons. The Labute approximate surface area is 75.4 Å². The van der Waals surface area contributed by atoms with Crippen LogP contribution in [0.3, 0.4) is 0 Å². The maximum Gasteiger partial charge on any atom is 0.219 e. The van der Waals surface area contributed by atoms with Gasteiger partial charge in [0.25, 0.3) is 0 Å². The van der Waals surface area contributed by atoms with Crippen molar-refractivity contribution in [1.29, 1.82) is 0 Å². The van der Waals surface area contributed by atoms with E-state index in [1.165, 1.54) is 6.33 Å². The van der Waals surface area contributed by atoms with Gasteiger partial charge in [-0.05, 0) is 6.92 Å². The van der Waals surface area contributed by atoms with Gasteiger partial charge in [0.05, 0.1) is 0 Å². The molecule has 0 bridgehead atoms. The minimum atomic E-state index is -0.384. The second-order valence-electron chi connectivity index (χ2n) is 2.83. The van der Waals surface area contributed by atoms with E-state index in [2.05, 4.69) is 10.2 Å². The Kier molecular flexibility index (Phi) is 2.97. The fourth-order valence-electron chi connectivity index (χ4n) is 1.14. The van der Waals surface area contributed by atoms with E-state index >= 15 is 0 Å². The molecule has 13 heavy (non-hydrogen) atoms. The van der Waals surface area contributed by atoms with Gasteiger partial charge in [-0.3, -0.25) is 4.79 Å². The minimum absolute atomic E-state index is 0.116. The number of nitrogens with two attached hydrogens (primary N) is 1. The Morgan fingerprint density at radius 2 is 2.54 bits per heavy atom. The number of hydrogen-bond donors (Lipinski definition) is 2. The normalized spacial score (nSPS) is 12.8. The molecule has 0 aliphatic carbocycles. The Bertz CT molecular complexity index is 296. The Morgan fingerprint density at radius 3 is 3.08 bits per heavy atom. The van der Waals surface area contributed by atoms with Crippen LogP contribution in [0.2, 0.25) is 0 Å². The van der Waals surface area contributed by atoms with E-state index in [-0.39, 0.29) is 25.0 Å². The first kappa shape index (κ1) is 9.66. The number of carbonyl (C=O) groups is 1. The molecule has 6 heteroatoms. The molecule has 0 aliphatic rings. The molecule has 1 aromatic rings. The van der Waals surface area contributed by atoms with Crippen LogP contribution in [-0.4, -0.2) is 25.8 Å². The second kappa shape index (κ2) is 3.99. The molecule has 1 amide bonds. The third-order valence-corrected chi connectivity index (χ3v) is 1.76. The molecule has 1 rings (SSSR count). The second-order valence-corrected chi connectivity index (χ2v) is 2.83. The maximum absolute atomic E-state index is 10.6. The highest BCUT2D eigenvalue weighted by Crippen LogP contribution is 2.11. The number of nitrogens with zero attached hydrogens (tertiary/aromatic N) is 3. The van der Waals surface area contributed by atoms with Gasteiger partial charge >= 0.3 is 0 Å². The Morgan fingerprint density at radius 1 is 1.85 bits per heavy atom. The third-order valence-electron chi connectivity index (χ3n) is 1.76. The summed E-state index contributed by atoms with van der Waals surface area (Å²) >= 11 is 0. The number of aliphatic hydroxyl groups excluding tert-OH is 1. The quantitative estimate of drug-likeness (QED) is 0.641. The average Bonchev–Trinajstić information content (AvgIpc) is 2.49. The van der Waals surface area contributed by atoms with E-state index in [4.69, 9.17) is 10.8 Å². The Balaban J connectivity index is 2.75. The van der Waals surface area contributed by atoms with Crippen molar-refractivity contribution in [1.82, 2.24) is 14.8 Å². The fourth-order valence-corrected chi connectivity index (χ4v) is 1.14. The van der Waals surface area contributed by atoms with E-state index in [0.717, 1.165) is 0 Å². The van der Waals surface area contributed by atoms with Crippen molar-refractivity contribution in [3.05, 3.63) is 12.2 Å². The molecule has 0 aromatic carbocycles. The van der Waals surface area contributed by atoms with Crippen molar-refractivity contribution >= 4 is 5.91 Å². The first-order valence-electron chi connectivity index (χ1n) is 3.92. The summed E-state index contributed by atoms with van der Waals surface area (Å²) in [5.41, 5.74) is 5.04. The third kappa shape index (κ3) is 2.25. The molecular weight excluding hydrogens is 172 g/mol. The van der Waals surface area contributed by atoms with Crippen molar-refractivity contribution in [3.63, 3.8) is 0 Å². The molecule has 1 atom stereocenters. The van der Waals surface area contributed by atoms with Gasteiger partial charge in [0, 0.05) is 12.5 Å². The molecule has 1 aromatic heterocycles. The van der Waals surface area contributed by atoms with Crippen LogP contribution in [0.5, 0.6) is 0 Å². The van der Waals surface area contributed by atoms with E-state index in [0.29, 0.717) is 5.82 Å². The lowest BCUT2D eigenvalue weighted by atomic mass is 10.2. The highest BCUT2D eigenvalue weighted by molar-refractivity contribution is 5.74. The summed E-state index contributed by atoms with van der Waals surface area (Å²) in [4.78, 5) is 10.6. The first-order valence-corrected chi connectivity index (χ1v) is 3.92. The van der Waals surface area contributed by atoms with Gasteiger partial charge < -0.3 is 15.4 Å². The maximum atomic E-state index is 10.6. The van der Waals surface area contributed by atoms with Crippen molar-refractivity contribution in [2.24, 2.45) is 5.73 Å². The molecule has 0 fully saturated rings. The highest BCUT2D eigenvalue weighted by Gasteiger charge is 2.12. The Hall–Kier alpha value is -1.43. The van der Waals surface area contributed by atoms with Crippen LogP contribution in [-0.2, 0) is 11.4 Å². The number of rotatable bonds is 4. The van der Waals surface area contributed by atoms with E-state index in [1.807, 2.05) is 6.92 Å². The monoisotopic (exact) mass is 184 g/mol. The topological polar surface area (TPSA) is 94.0 Å². The number of aliphatic hydroxyl groups is 1. The highest BCUT2D eigenvalue weighted by atomic mass is 16.3. The summed E-state index contributed by atoms with van der Waals surface area (Å²) in [6.45, 7) is 1.62. The molecule has 0 saturated heterocycles. The van der Waals surface area contributed by atoms with Crippen molar-refractivity contribution in [2.45, 2.75) is 26.0 Å². The minimum Gasteiger partial charge on any atom is -0.388 e. The molecule has 1 heterocycles. The van der Waals surface area contributed by atoms with E-state index < -0.39 is 0 Å². The molecule has 0 saturated carbocycles. The molecular formula is C7H12N4O2. The van der Waals surface area contributed by atoms with Gasteiger partial charge in [-0.1, -0.05) is 0 Å². The summed E-state index contributed by atoms with van der Waals surface area (Å²) in [5, 5.41) is 16.1. The number of amides is 1. The lowest BCUT2D eigenvalue weighted by Gasteiger charge is -2.11. The van der Waals surface area contributed by atoms with Crippen LogP contribution in [0.1, 0.15) is 25.2 Å². The smallest absolute Gasteiger partial charge is 0.219 e. The van der Waals surface area contributed by atoms with Gasteiger partial charge in [0.1, 0.15) is 12.9 Å². The largest absolute Gasteiger partial charge is 0.388 e. The number of carbonyl (C=O) groups excluding carboxylic acids is 1. The van der Waals surface area contributed by atoms with Crippen LogP contribution in [0.4, 0.5) is 0 Å². The summed E-state index contributed by atoms with van der Waals surface area (Å²) in [6.07, 6.45) is 1.68. The zero-order chi connectivity index (χ0) is 9.84. The molecule has 0 radical (unpaired) electrons. The predicted octanol–water partition coefficient (Wildman–Crippen LogP) is -0.793. The number of hydrogen-bond acceptors (Lipinski definition) is 4. The van der Waals surface area contributed by atoms with Gasteiger partial charge in [0.2, 0.25) is 5.91 Å². The summed E-state index contributed by atoms with van der Waals surface area (Å²) in [7, 11) is 0. The van der Waals surface area contributed by atoms with Gasteiger partial charge in [-0.25, -0.2) is 0 Å². The fraction of sp³-hybridized carbons (Fsp3) is 0.571. The number of primary amides is 1. The predicted molar refractivity (Wildman–Crippen MR) is 44.5 cm³/mol. The van der Waals surface area contributed by atoms with Crippen molar-refractivity contribution < 1.29 is 9.90 Å². The molecule has 0 aliphatic heterocycles. The molecule has 3 N–H and O–H groups in total.